The summed E-state index contributed by atoms with van der Waals surface area (Å²) in [6.07, 6.45) is -1.89. The van der Waals surface area contributed by atoms with Crippen molar-refractivity contribution in [3.8, 4) is 5.75 Å². The molecule has 0 aliphatic carbocycles. The fraction of sp³-hybridized carbons (Fsp3) is 0.476. The number of aliphatic hydroxyl groups excluding tert-OH is 1. The fourth-order valence-corrected chi connectivity index (χ4v) is 3.17. The van der Waals surface area contributed by atoms with E-state index >= 15 is 0 Å². The van der Waals surface area contributed by atoms with E-state index in [9.17, 15) is 34.2 Å². The van der Waals surface area contributed by atoms with Crippen molar-refractivity contribution in [1.29, 1.82) is 0 Å². The highest BCUT2D eigenvalue weighted by molar-refractivity contribution is 7.80. The standard InChI is InChI=1S/C21H31N5O8S/c1-10(27)17(26-18(30)13(22)8-11-2-4-12(28)5-3-11)20(32)24-14(6-7-16(23)29)19(31)25-15(9-35)21(33)34/h2-5,10,13-15,17,27-28,35H,6-9,22H2,1H3,(H2,23,29)(H,24,32)(H,25,31)(H,26,30)(H,33,34). The second-order valence-corrected chi connectivity index (χ2v) is 8.22. The van der Waals surface area contributed by atoms with Crippen LogP contribution < -0.4 is 27.4 Å². The summed E-state index contributed by atoms with van der Waals surface area (Å²) >= 11 is 3.85. The van der Waals surface area contributed by atoms with E-state index in [0.29, 0.717) is 5.56 Å². The number of thiol groups is 1. The SMILES string of the molecule is CC(O)C(NC(=O)C(N)Cc1ccc(O)cc1)C(=O)NC(CCC(N)=O)C(=O)NC(CS)C(=O)O. The average Bonchev–Trinajstić information content (AvgIpc) is 2.78. The molecule has 5 atom stereocenters. The van der Waals surface area contributed by atoms with Crippen LogP contribution in [-0.4, -0.2) is 80.9 Å². The van der Waals surface area contributed by atoms with Crippen LogP contribution in [0.4, 0.5) is 0 Å². The Morgan fingerprint density at radius 2 is 1.54 bits per heavy atom. The first-order valence-electron chi connectivity index (χ1n) is 10.6. The number of carboxylic acid groups (broad SMARTS) is 1. The molecule has 0 saturated heterocycles. The molecule has 0 saturated carbocycles. The van der Waals surface area contributed by atoms with E-state index in [-0.39, 0.29) is 30.8 Å². The molecular weight excluding hydrogens is 482 g/mol. The first-order valence-corrected chi connectivity index (χ1v) is 11.2. The number of rotatable bonds is 14. The molecule has 4 amide bonds. The number of aliphatic hydroxyl groups is 1. The third kappa shape index (κ3) is 10.2. The lowest BCUT2D eigenvalue weighted by atomic mass is 10.0. The van der Waals surface area contributed by atoms with Gasteiger partial charge < -0.3 is 42.7 Å². The molecule has 1 aromatic carbocycles. The number of aromatic hydroxyl groups is 1. The Hall–Kier alpha value is -3.36. The molecule has 0 aliphatic rings. The number of carbonyl (C=O) groups excluding carboxylic acids is 4. The molecule has 0 bridgehead atoms. The van der Waals surface area contributed by atoms with Crippen molar-refractivity contribution in [3.05, 3.63) is 29.8 Å². The Morgan fingerprint density at radius 1 is 0.971 bits per heavy atom. The monoisotopic (exact) mass is 513 g/mol. The molecule has 0 heterocycles. The second kappa shape index (κ2) is 14.1. The Balaban J connectivity index is 2.92. The Kier molecular flexibility index (Phi) is 12.0. The molecule has 1 rings (SSSR count). The summed E-state index contributed by atoms with van der Waals surface area (Å²) in [4.78, 5) is 60.2. The minimum Gasteiger partial charge on any atom is -0.508 e. The van der Waals surface area contributed by atoms with Crippen LogP contribution in [0.15, 0.2) is 24.3 Å². The van der Waals surface area contributed by atoms with E-state index in [1.807, 2.05) is 0 Å². The number of hydrogen-bond donors (Lipinski definition) is 9. The number of nitrogens with two attached hydrogens (primary N) is 2. The van der Waals surface area contributed by atoms with Crippen molar-refractivity contribution in [2.45, 2.75) is 56.5 Å². The Bertz CT molecular complexity index is 911. The van der Waals surface area contributed by atoms with Gasteiger partial charge in [0.1, 0.15) is 23.9 Å². The lowest BCUT2D eigenvalue weighted by molar-refractivity contribution is -0.142. The van der Waals surface area contributed by atoms with Gasteiger partial charge in [-0.15, -0.1) is 0 Å². The van der Waals surface area contributed by atoms with Crippen molar-refractivity contribution in [3.63, 3.8) is 0 Å². The van der Waals surface area contributed by atoms with Crippen molar-refractivity contribution < 1.29 is 39.3 Å². The van der Waals surface area contributed by atoms with Crippen molar-refractivity contribution in [1.82, 2.24) is 16.0 Å². The molecule has 10 N–H and O–H groups in total. The average molecular weight is 514 g/mol. The second-order valence-electron chi connectivity index (χ2n) is 7.85. The first-order chi connectivity index (χ1) is 16.3. The molecule has 0 aliphatic heterocycles. The highest BCUT2D eigenvalue weighted by Gasteiger charge is 2.32. The lowest BCUT2D eigenvalue weighted by Gasteiger charge is -2.26. The third-order valence-corrected chi connectivity index (χ3v) is 5.27. The van der Waals surface area contributed by atoms with Gasteiger partial charge in [0.05, 0.1) is 12.1 Å². The highest BCUT2D eigenvalue weighted by atomic mass is 32.1. The Labute approximate surface area is 207 Å². The van der Waals surface area contributed by atoms with Crippen LogP contribution in [0.2, 0.25) is 0 Å². The molecule has 14 heteroatoms. The van der Waals surface area contributed by atoms with Gasteiger partial charge in [0, 0.05) is 12.2 Å². The number of carboxylic acids is 1. The predicted octanol–water partition coefficient (Wildman–Crippen LogP) is -2.62. The van der Waals surface area contributed by atoms with Crippen LogP contribution in [0.5, 0.6) is 5.75 Å². The number of carbonyl (C=O) groups is 5. The molecular formula is C21H31N5O8S. The predicted molar refractivity (Wildman–Crippen MR) is 127 cm³/mol. The number of primary amides is 1. The van der Waals surface area contributed by atoms with E-state index in [0.717, 1.165) is 0 Å². The lowest BCUT2D eigenvalue weighted by Crippen LogP contribution is -2.60. The van der Waals surface area contributed by atoms with Gasteiger partial charge in [-0.05, 0) is 37.5 Å². The van der Waals surface area contributed by atoms with Gasteiger partial charge in [-0.1, -0.05) is 12.1 Å². The maximum absolute atomic E-state index is 12.8. The third-order valence-electron chi connectivity index (χ3n) is 4.90. The molecule has 35 heavy (non-hydrogen) atoms. The molecule has 5 unspecified atom stereocenters. The summed E-state index contributed by atoms with van der Waals surface area (Å²) in [5.74, 6) is -4.96. The molecule has 1 aromatic rings. The summed E-state index contributed by atoms with van der Waals surface area (Å²) in [6, 6.07) is 0.616. The van der Waals surface area contributed by atoms with E-state index in [1.54, 1.807) is 12.1 Å². The zero-order chi connectivity index (χ0) is 26.7. The minimum absolute atomic E-state index is 0.0385. The van der Waals surface area contributed by atoms with Crippen molar-refractivity contribution in [2.24, 2.45) is 11.5 Å². The summed E-state index contributed by atoms with van der Waals surface area (Å²) in [5, 5.41) is 35.3. The van der Waals surface area contributed by atoms with Crippen LogP contribution in [0.1, 0.15) is 25.3 Å². The molecule has 0 radical (unpaired) electrons. The summed E-state index contributed by atoms with van der Waals surface area (Å²) in [6.45, 7) is 1.23. The van der Waals surface area contributed by atoms with Gasteiger partial charge in [-0.2, -0.15) is 12.6 Å². The van der Waals surface area contributed by atoms with Crippen LogP contribution in [-0.2, 0) is 30.4 Å². The maximum Gasteiger partial charge on any atom is 0.327 e. The minimum atomic E-state index is -1.52. The van der Waals surface area contributed by atoms with Crippen LogP contribution >= 0.6 is 12.6 Å². The van der Waals surface area contributed by atoms with Gasteiger partial charge in [0.2, 0.25) is 23.6 Å². The van der Waals surface area contributed by atoms with E-state index in [2.05, 4.69) is 28.6 Å². The van der Waals surface area contributed by atoms with Crippen LogP contribution in [0.3, 0.4) is 0 Å². The number of phenolic OH excluding ortho intramolecular Hbond substituents is 1. The summed E-state index contributed by atoms with van der Waals surface area (Å²) in [5.41, 5.74) is 11.7. The van der Waals surface area contributed by atoms with E-state index in [1.165, 1.54) is 19.1 Å². The maximum atomic E-state index is 12.8. The normalized spacial score (nSPS) is 15.1. The van der Waals surface area contributed by atoms with Crippen molar-refractivity contribution >= 4 is 42.2 Å². The zero-order valence-corrected chi connectivity index (χ0v) is 19.9. The topological polar surface area (TPSA) is 234 Å². The van der Waals surface area contributed by atoms with Gasteiger partial charge in [-0.3, -0.25) is 19.2 Å². The summed E-state index contributed by atoms with van der Waals surface area (Å²) < 4.78 is 0. The largest absolute Gasteiger partial charge is 0.508 e. The van der Waals surface area contributed by atoms with Crippen molar-refractivity contribution in [2.75, 3.05) is 5.75 Å². The zero-order valence-electron chi connectivity index (χ0n) is 19.0. The van der Waals surface area contributed by atoms with Gasteiger partial charge in [0.25, 0.3) is 0 Å². The molecule has 0 spiro atoms. The highest BCUT2D eigenvalue weighted by Crippen LogP contribution is 2.11. The number of phenols is 1. The summed E-state index contributed by atoms with van der Waals surface area (Å²) in [7, 11) is 0. The molecule has 13 nitrogen and oxygen atoms in total. The van der Waals surface area contributed by atoms with Gasteiger partial charge in [0.15, 0.2) is 0 Å². The van der Waals surface area contributed by atoms with Crippen LogP contribution in [0, 0.1) is 0 Å². The first kappa shape index (κ1) is 29.7. The number of nitrogens with one attached hydrogen (secondary N) is 3. The van der Waals surface area contributed by atoms with E-state index < -0.39 is 59.9 Å². The molecule has 0 fully saturated rings. The number of amides is 4. The number of aliphatic carboxylic acids is 1. The van der Waals surface area contributed by atoms with Crippen LogP contribution in [0.25, 0.3) is 0 Å². The Morgan fingerprint density at radius 3 is 2.03 bits per heavy atom. The smallest absolute Gasteiger partial charge is 0.327 e. The van der Waals surface area contributed by atoms with Gasteiger partial charge >= 0.3 is 5.97 Å². The molecule has 0 aromatic heterocycles. The fourth-order valence-electron chi connectivity index (χ4n) is 2.92. The van der Waals surface area contributed by atoms with E-state index in [4.69, 9.17) is 16.6 Å². The number of hydrogen-bond acceptors (Lipinski definition) is 9. The number of benzene rings is 1. The quantitative estimate of drug-likeness (QED) is 0.118. The molecule has 194 valence electrons. The van der Waals surface area contributed by atoms with Gasteiger partial charge in [-0.25, -0.2) is 4.79 Å².